The molecule has 11 heteroatoms. The maximum absolute atomic E-state index is 13.2. The number of hydrogen-bond donors (Lipinski definition) is 1. The monoisotopic (exact) mass is 532 g/mol. The van der Waals surface area contributed by atoms with Gasteiger partial charge in [-0.2, -0.15) is 0 Å². The number of rotatable bonds is 3. The van der Waals surface area contributed by atoms with Gasteiger partial charge < -0.3 is 10.2 Å². The lowest BCUT2D eigenvalue weighted by Gasteiger charge is -2.44. The molecular formula is C25H22ClFN2O6S. The molecule has 3 fully saturated rings. The number of β-lactam (4-membered cyclic amide) rings is 1. The molecule has 0 radical (unpaired) electrons. The molecule has 36 heavy (non-hydrogen) atoms. The van der Waals surface area contributed by atoms with E-state index in [0.29, 0.717) is 36.4 Å². The van der Waals surface area contributed by atoms with Gasteiger partial charge in [-0.05, 0) is 48.0 Å². The van der Waals surface area contributed by atoms with Gasteiger partial charge in [-0.15, -0.1) is 0 Å². The minimum atomic E-state index is -4.14. The van der Waals surface area contributed by atoms with Crippen LogP contribution in [0.5, 0.6) is 0 Å². The third-order valence-corrected chi connectivity index (χ3v) is 8.82. The summed E-state index contributed by atoms with van der Waals surface area (Å²) >= 11 is 5.81. The molecule has 0 aromatic heterocycles. The molecule has 0 bridgehead atoms. The van der Waals surface area contributed by atoms with Crippen molar-refractivity contribution in [1.82, 2.24) is 10.2 Å². The molecule has 0 aliphatic carbocycles. The van der Waals surface area contributed by atoms with Gasteiger partial charge in [0.1, 0.15) is 11.6 Å². The summed E-state index contributed by atoms with van der Waals surface area (Å²) in [6.07, 6.45) is 2.40. The number of ketones is 2. The molecule has 188 valence electrons. The van der Waals surface area contributed by atoms with Gasteiger partial charge in [0.25, 0.3) is 0 Å². The average molecular weight is 533 g/mol. The lowest BCUT2D eigenvalue weighted by atomic mass is 9.99. The van der Waals surface area contributed by atoms with Crippen LogP contribution in [0.1, 0.15) is 31.2 Å². The lowest BCUT2D eigenvalue weighted by molar-refractivity contribution is -0.150. The quantitative estimate of drug-likeness (QED) is 0.480. The van der Waals surface area contributed by atoms with E-state index >= 15 is 0 Å². The summed E-state index contributed by atoms with van der Waals surface area (Å²) in [4.78, 5) is 45.4. The smallest absolute Gasteiger partial charge is 0.228 e. The first kappa shape index (κ1) is 25.7. The van der Waals surface area contributed by atoms with E-state index < -0.39 is 38.6 Å². The van der Waals surface area contributed by atoms with Crippen LogP contribution >= 0.6 is 11.6 Å². The molecule has 5 rings (SSSR count). The Morgan fingerprint density at radius 3 is 2.25 bits per heavy atom. The van der Waals surface area contributed by atoms with Gasteiger partial charge in [-0.1, -0.05) is 23.7 Å². The molecule has 2 aromatic carbocycles. The summed E-state index contributed by atoms with van der Waals surface area (Å²) in [5.41, 5.74) is 0.749. The third-order valence-electron chi connectivity index (χ3n) is 6.24. The van der Waals surface area contributed by atoms with Crippen LogP contribution in [-0.4, -0.2) is 54.7 Å². The minimum Gasteiger partial charge on any atom is -0.356 e. The SMILES string of the molecule is O=C1CC2(S(=O)(=O)c3ccc(Cl)cc3)C(=O)C(=Cc3ccc(F)cc3)CN12.O=C1CCNC(=O)CC1. The molecule has 3 heterocycles. The topological polar surface area (TPSA) is 118 Å². The fourth-order valence-electron chi connectivity index (χ4n) is 4.27. The molecule has 1 N–H and O–H groups in total. The van der Waals surface area contributed by atoms with E-state index in [0.717, 1.165) is 4.90 Å². The van der Waals surface area contributed by atoms with Gasteiger partial charge in [-0.3, -0.25) is 19.2 Å². The van der Waals surface area contributed by atoms with Crippen molar-refractivity contribution in [2.24, 2.45) is 0 Å². The third kappa shape index (κ3) is 4.70. The molecule has 1 atom stereocenters. The molecule has 0 saturated carbocycles. The predicted octanol–water partition coefficient (Wildman–Crippen LogP) is 2.70. The van der Waals surface area contributed by atoms with Crippen LogP contribution in [0.4, 0.5) is 4.39 Å². The Morgan fingerprint density at radius 2 is 1.61 bits per heavy atom. The van der Waals surface area contributed by atoms with Crippen LogP contribution in [0.2, 0.25) is 5.02 Å². The normalized spacial score (nSPS) is 22.8. The summed E-state index contributed by atoms with van der Waals surface area (Å²) in [6, 6.07) is 10.9. The number of carbonyl (C=O) groups is 4. The fourth-order valence-corrected chi connectivity index (χ4v) is 6.42. The predicted molar refractivity (Wildman–Crippen MR) is 129 cm³/mol. The number of nitrogens with one attached hydrogen (secondary N) is 1. The minimum absolute atomic E-state index is 0.000787. The molecule has 0 spiro atoms. The van der Waals surface area contributed by atoms with Gasteiger partial charge in [-0.25, -0.2) is 12.8 Å². The molecule has 8 nitrogen and oxygen atoms in total. The zero-order chi connectivity index (χ0) is 26.1. The van der Waals surface area contributed by atoms with E-state index in [-0.39, 0.29) is 28.7 Å². The average Bonchev–Trinajstić information content (AvgIpc) is 2.93. The van der Waals surface area contributed by atoms with Crippen LogP contribution in [0, 0.1) is 5.82 Å². The Labute approximate surface area is 212 Å². The van der Waals surface area contributed by atoms with Crippen molar-refractivity contribution in [3.63, 3.8) is 0 Å². The number of halogens is 2. The highest BCUT2D eigenvalue weighted by atomic mass is 35.5. The number of hydrogen-bond acceptors (Lipinski definition) is 6. The second kappa shape index (κ2) is 9.94. The van der Waals surface area contributed by atoms with Crippen molar-refractivity contribution in [2.45, 2.75) is 35.4 Å². The number of carbonyl (C=O) groups excluding carboxylic acids is 4. The van der Waals surface area contributed by atoms with Crippen LogP contribution in [0.25, 0.3) is 6.08 Å². The van der Waals surface area contributed by atoms with Crippen molar-refractivity contribution in [3.8, 4) is 0 Å². The van der Waals surface area contributed by atoms with Gasteiger partial charge in [0, 0.05) is 36.4 Å². The zero-order valence-corrected chi connectivity index (χ0v) is 20.6. The number of sulfone groups is 1. The van der Waals surface area contributed by atoms with Crippen molar-refractivity contribution < 1.29 is 32.0 Å². The highest BCUT2D eigenvalue weighted by Crippen LogP contribution is 2.48. The molecule has 3 aliphatic rings. The van der Waals surface area contributed by atoms with Gasteiger partial charge >= 0.3 is 0 Å². The standard InChI is InChI=1S/C19H13ClFNO4S.C6H9NO2/c20-14-3-7-16(8-4-14)27(25,26)19-10-17(23)22(19)11-13(18(19)24)9-12-1-5-15(21)6-2-12;8-5-1-2-6(9)7-4-3-5/h1-9H,10-11H2;1-4H2,(H,7,9). The largest absolute Gasteiger partial charge is 0.356 e. The van der Waals surface area contributed by atoms with Crippen LogP contribution in [-0.2, 0) is 29.0 Å². The van der Waals surface area contributed by atoms with Gasteiger partial charge in [0.05, 0.1) is 17.9 Å². The molecule has 2 amide bonds. The summed E-state index contributed by atoms with van der Waals surface area (Å²) in [5, 5.41) is 2.98. The lowest BCUT2D eigenvalue weighted by Crippen LogP contribution is -2.67. The van der Waals surface area contributed by atoms with Crippen molar-refractivity contribution in [3.05, 3.63) is 70.5 Å². The second-order valence-electron chi connectivity index (χ2n) is 8.59. The van der Waals surface area contributed by atoms with E-state index in [1.165, 1.54) is 54.6 Å². The van der Waals surface area contributed by atoms with Crippen LogP contribution < -0.4 is 5.32 Å². The Balaban J connectivity index is 0.000000286. The van der Waals surface area contributed by atoms with Crippen molar-refractivity contribution in [1.29, 1.82) is 0 Å². The number of benzene rings is 2. The second-order valence-corrected chi connectivity index (χ2v) is 11.2. The number of nitrogens with zero attached hydrogens (tertiary/aromatic N) is 1. The first-order valence-electron chi connectivity index (χ1n) is 11.1. The van der Waals surface area contributed by atoms with Crippen molar-refractivity contribution >= 4 is 50.9 Å². The van der Waals surface area contributed by atoms with Gasteiger partial charge in [0.2, 0.25) is 32.3 Å². The maximum atomic E-state index is 13.2. The molecule has 1 unspecified atom stereocenters. The van der Waals surface area contributed by atoms with E-state index in [2.05, 4.69) is 5.32 Å². The zero-order valence-electron chi connectivity index (χ0n) is 19.0. The van der Waals surface area contributed by atoms with E-state index in [4.69, 9.17) is 11.6 Å². The van der Waals surface area contributed by atoms with E-state index in [1.54, 1.807) is 0 Å². The maximum Gasteiger partial charge on any atom is 0.228 e. The number of Topliss-reactive ketones (excluding diaryl/α,β-unsaturated/α-hetero) is 2. The highest BCUT2D eigenvalue weighted by Gasteiger charge is 2.69. The Bertz CT molecular complexity index is 1360. The molecule has 3 aliphatic heterocycles. The highest BCUT2D eigenvalue weighted by molar-refractivity contribution is 7.93. The van der Waals surface area contributed by atoms with Gasteiger partial charge in [0.15, 0.2) is 0 Å². The Kier molecular flexibility index (Phi) is 7.10. The fraction of sp³-hybridized carbons (Fsp3) is 0.280. The summed E-state index contributed by atoms with van der Waals surface area (Å²) in [7, 11) is -4.14. The first-order valence-corrected chi connectivity index (χ1v) is 13.0. The Morgan fingerprint density at radius 1 is 0.944 bits per heavy atom. The molecule has 3 saturated heterocycles. The van der Waals surface area contributed by atoms with Crippen LogP contribution in [0.15, 0.2) is 59.0 Å². The van der Waals surface area contributed by atoms with Crippen molar-refractivity contribution in [2.75, 3.05) is 13.1 Å². The number of amides is 2. The summed E-state index contributed by atoms with van der Waals surface area (Å²) < 4.78 is 39.5. The van der Waals surface area contributed by atoms with E-state index in [1.807, 2.05) is 0 Å². The first-order chi connectivity index (χ1) is 17.0. The Hall–Kier alpha value is -3.37. The molecule has 2 aromatic rings. The van der Waals surface area contributed by atoms with Crippen LogP contribution in [0.3, 0.4) is 0 Å². The molecular weight excluding hydrogens is 511 g/mol. The summed E-state index contributed by atoms with van der Waals surface area (Å²) in [5.74, 6) is -1.25. The number of fused-ring (bicyclic) bond motifs is 1. The summed E-state index contributed by atoms with van der Waals surface area (Å²) in [6.45, 7) is 0.430. The van der Waals surface area contributed by atoms with E-state index in [9.17, 15) is 32.0 Å².